The average Bonchev–Trinajstić information content (AvgIpc) is 2.86. The second-order valence-electron chi connectivity index (χ2n) is 5.82. The molecule has 4 nitrogen and oxygen atoms in total. The minimum absolute atomic E-state index is 0.316. The predicted octanol–water partition coefficient (Wildman–Crippen LogP) is 3.08. The Bertz CT molecular complexity index is 486. The molecule has 0 bridgehead atoms. The fraction of sp³-hybridized carbons (Fsp3) is 0.600. The zero-order valence-electron chi connectivity index (χ0n) is 11.7. The van der Waals surface area contributed by atoms with Crippen molar-refractivity contribution in [2.45, 2.75) is 26.3 Å². The Morgan fingerprint density at radius 3 is 2.65 bits per heavy atom. The van der Waals surface area contributed by atoms with E-state index >= 15 is 0 Å². The summed E-state index contributed by atoms with van der Waals surface area (Å²) in [4.78, 5) is 0. The quantitative estimate of drug-likeness (QED) is 0.913. The standard InChI is InChI=1S/C15H20BrNO3/c1-15(2-4-18-5-3-15)9-17-8-11-6-13-14(7-12(11)16)20-10-19-13/h6-7,17H,2-5,8-10H2,1H3. The molecule has 0 aliphatic carbocycles. The van der Waals surface area contributed by atoms with E-state index < -0.39 is 0 Å². The average molecular weight is 342 g/mol. The predicted molar refractivity (Wildman–Crippen MR) is 80.1 cm³/mol. The Hall–Kier alpha value is -0.780. The Labute approximate surface area is 127 Å². The van der Waals surface area contributed by atoms with Crippen LogP contribution in [0.4, 0.5) is 0 Å². The maximum atomic E-state index is 5.43. The lowest BCUT2D eigenvalue weighted by molar-refractivity contribution is 0.0240. The molecule has 0 saturated carbocycles. The van der Waals surface area contributed by atoms with E-state index in [-0.39, 0.29) is 0 Å². The number of nitrogens with one attached hydrogen (secondary N) is 1. The largest absolute Gasteiger partial charge is 0.454 e. The Morgan fingerprint density at radius 1 is 1.20 bits per heavy atom. The molecule has 0 spiro atoms. The molecule has 1 N–H and O–H groups in total. The van der Waals surface area contributed by atoms with Gasteiger partial charge in [0.15, 0.2) is 11.5 Å². The van der Waals surface area contributed by atoms with Crippen LogP contribution >= 0.6 is 15.9 Å². The van der Waals surface area contributed by atoms with Gasteiger partial charge in [-0.2, -0.15) is 0 Å². The maximum Gasteiger partial charge on any atom is 0.231 e. The first kappa shape index (κ1) is 14.2. The third-order valence-electron chi connectivity index (χ3n) is 4.11. The molecule has 20 heavy (non-hydrogen) atoms. The molecule has 2 heterocycles. The van der Waals surface area contributed by atoms with Crippen molar-refractivity contribution in [3.05, 3.63) is 22.2 Å². The van der Waals surface area contributed by atoms with E-state index in [9.17, 15) is 0 Å². The summed E-state index contributed by atoms with van der Waals surface area (Å²) in [7, 11) is 0. The summed E-state index contributed by atoms with van der Waals surface area (Å²) in [5.74, 6) is 1.65. The number of hydrogen-bond donors (Lipinski definition) is 1. The molecule has 2 aliphatic heterocycles. The summed E-state index contributed by atoms with van der Waals surface area (Å²) in [5.41, 5.74) is 1.55. The Balaban J connectivity index is 1.58. The van der Waals surface area contributed by atoms with Gasteiger partial charge in [0.25, 0.3) is 0 Å². The highest BCUT2D eigenvalue weighted by Gasteiger charge is 2.26. The summed E-state index contributed by atoms with van der Waals surface area (Å²) in [5, 5.41) is 3.56. The Kier molecular flexibility index (Phi) is 4.19. The summed E-state index contributed by atoms with van der Waals surface area (Å²) in [6.07, 6.45) is 2.25. The highest BCUT2D eigenvalue weighted by Crippen LogP contribution is 2.37. The van der Waals surface area contributed by atoms with Crippen molar-refractivity contribution in [2.75, 3.05) is 26.6 Å². The van der Waals surface area contributed by atoms with Crippen molar-refractivity contribution in [1.29, 1.82) is 0 Å². The lowest BCUT2D eigenvalue weighted by atomic mass is 9.82. The molecular formula is C15H20BrNO3. The molecule has 5 heteroatoms. The first-order chi connectivity index (χ1) is 9.66. The van der Waals surface area contributed by atoms with Crippen LogP contribution in [0.5, 0.6) is 11.5 Å². The summed E-state index contributed by atoms with van der Waals surface area (Å²) >= 11 is 3.59. The fourth-order valence-corrected chi connectivity index (χ4v) is 3.10. The molecule has 1 fully saturated rings. The minimum Gasteiger partial charge on any atom is -0.454 e. The van der Waals surface area contributed by atoms with Gasteiger partial charge in [-0.1, -0.05) is 22.9 Å². The third kappa shape index (κ3) is 3.10. The van der Waals surface area contributed by atoms with Gasteiger partial charge >= 0.3 is 0 Å². The van der Waals surface area contributed by atoms with Gasteiger partial charge < -0.3 is 19.5 Å². The van der Waals surface area contributed by atoms with E-state index in [1.807, 2.05) is 12.1 Å². The number of fused-ring (bicyclic) bond motifs is 1. The highest BCUT2D eigenvalue weighted by atomic mass is 79.9. The van der Waals surface area contributed by atoms with E-state index in [0.717, 1.165) is 55.1 Å². The number of rotatable bonds is 4. The van der Waals surface area contributed by atoms with Crippen LogP contribution in [0.1, 0.15) is 25.3 Å². The maximum absolute atomic E-state index is 5.43. The van der Waals surface area contributed by atoms with E-state index in [1.54, 1.807) is 0 Å². The molecule has 0 radical (unpaired) electrons. The molecule has 1 saturated heterocycles. The highest BCUT2D eigenvalue weighted by molar-refractivity contribution is 9.10. The zero-order valence-corrected chi connectivity index (χ0v) is 13.3. The van der Waals surface area contributed by atoms with Crippen LogP contribution in [0.15, 0.2) is 16.6 Å². The van der Waals surface area contributed by atoms with Crippen LogP contribution in [0.2, 0.25) is 0 Å². The molecule has 3 rings (SSSR count). The summed E-state index contributed by atoms with van der Waals surface area (Å²) < 4.78 is 17.3. The first-order valence-corrected chi connectivity index (χ1v) is 7.82. The molecular weight excluding hydrogens is 322 g/mol. The second kappa shape index (κ2) is 5.92. The van der Waals surface area contributed by atoms with E-state index in [1.165, 1.54) is 5.56 Å². The topological polar surface area (TPSA) is 39.7 Å². The second-order valence-corrected chi connectivity index (χ2v) is 6.68. The van der Waals surface area contributed by atoms with Gasteiger partial charge in [-0.05, 0) is 36.0 Å². The number of halogens is 1. The van der Waals surface area contributed by atoms with E-state index in [2.05, 4.69) is 28.2 Å². The van der Waals surface area contributed by atoms with Gasteiger partial charge in [0, 0.05) is 30.8 Å². The van der Waals surface area contributed by atoms with Gasteiger partial charge in [0.05, 0.1) is 0 Å². The molecule has 1 aromatic rings. The Morgan fingerprint density at radius 2 is 1.90 bits per heavy atom. The van der Waals surface area contributed by atoms with Gasteiger partial charge in [-0.3, -0.25) is 0 Å². The lowest BCUT2D eigenvalue weighted by Gasteiger charge is -2.33. The van der Waals surface area contributed by atoms with Crippen molar-refractivity contribution < 1.29 is 14.2 Å². The van der Waals surface area contributed by atoms with Crippen molar-refractivity contribution in [1.82, 2.24) is 5.32 Å². The van der Waals surface area contributed by atoms with E-state index in [0.29, 0.717) is 12.2 Å². The normalized spacial score (nSPS) is 20.1. The van der Waals surface area contributed by atoms with Crippen molar-refractivity contribution in [3.63, 3.8) is 0 Å². The van der Waals surface area contributed by atoms with Crippen LogP contribution in [-0.4, -0.2) is 26.6 Å². The van der Waals surface area contributed by atoms with Crippen LogP contribution in [0, 0.1) is 5.41 Å². The molecule has 0 amide bonds. The van der Waals surface area contributed by atoms with Crippen LogP contribution in [0.3, 0.4) is 0 Å². The first-order valence-electron chi connectivity index (χ1n) is 7.03. The van der Waals surface area contributed by atoms with Crippen molar-refractivity contribution >= 4 is 15.9 Å². The molecule has 0 atom stereocenters. The van der Waals surface area contributed by atoms with Crippen molar-refractivity contribution in [2.24, 2.45) is 5.41 Å². The molecule has 1 aromatic carbocycles. The third-order valence-corrected chi connectivity index (χ3v) is 4.85. The molecule has 110 valence electrons. The number of benzene rings is 1. The minimum atomic E-state index is 0.316. The van der Waals surface area contributed by atoms with Gasteiger partial charge in [0.2, 0.25) is 6.79 Å². The molecule has 0 aromatic heterocycles. The van der Waals surface area contributed by atoms with Crippen LogP contribution < -0.4 is 14.8 Å². The number of ether oxygens (including phenoxy) is 3. The van der Waals surface area contributed by atoms with Gasteiger partial charge in [-0.25, -0.2) is 0 Å². The smallest absolute Gasteiger partial charge is 0.231 e. The van der Waals surface area contributed by atoms with Crippen LogP contribution in [0.25, 0.3) is 0 Å². The number of hydrogen-bond acceptors (Lipinski definition) is 4. The van der Waals surface area contributed by atoms with E-state index in [4.69, 9.17) is 14.2 Å². The van der Waals surface area contributed by atoms with Crippen molar-refractivity contribution in [3.8, 4) is 11.5 Å². The monoisotopic (exact) mass is 341 g/mol. The van der Waals surface area contributed by atoms with Gasteiger partial charge in [0.1, 0.15) is 0 Å². The summed E-state index contributed by atoms with van der Waals surface area (Å²) in [6.45, 7) is 6.25. The van der Waals surface area contributed by atoms with Gasteiger partial charge in [-0.15, -0.1) is 0 Å². The lowest BCUT2D eigenvalue weighted by Crippen LogP contribution is -2.36. The van der Waals surface area contributed by atoms with Crippen LogP contribution in [-0.2, 0) is 11.3 Å². The SMILES string of the molecule is CC1(CNCc2cc3c(cc2Br)OCO3)CCOCC1. The zero-order chi connectivity index (χ0) is 14.0. The summed E-state index contributed by atoms with van der Waals surface area (Å²) in [6, 6.07) is 4.03. The molecule has 2 aliphatic rings. The fourth-order valence-electron chi connectivity index (χ4n) is 2.63. The molecule has 0 unspecified atom stereocenters.